The highest BCUT2D eigenvalue weighted by Gasteiger charge is 2.43. The summed E-state index contributed by atoms with van der Waals surface area (Å²) in [5.41, 5.74) is 0. The van der Waals surface area contributed by atoms with Crippen molar-refractivity contribution in [3.63, 3.8) is 0 Å². The van der Waals surface area contributed by atoms with Crippen LogP contribution in [0.25, 0.3) is 0 Å². The predicted octanol–water partition coefficient (Wildman–Crippen LogP) is 0.324. The van der Waals surface area contributed by atoms with Crippen molar-refractivity contribution in [3.05, 3.63) is 0 Å². The van der Waals surface area contributed by atoms with Gasteiger partial charge in [-0.05, 0) is 18.8 Å². The summed E-state index contributed by atoms with van der Waals surface area (Å²) < 4.78 is 11.3. The van der Waals surface area contributed by atoms with Crippen molar-refractivity contribution >= 4 is 22.7 Å². The van der Waals surface area contributed by atoms with Crippen LogP contribution >= 0.6 is 0 Å². The summed E-state index contributed by atoms with van der Waals surface area (Å²) in [4.78, 5) is 25.2. The summed E-state index contributed by atoms with van der Waals surface area (Å²) in [7, 11) is -0.814. The standard InChI is InChI=1S/C12H19NO4S/c1-8-6-9(10(7-8)12(15)16)11(14)13-2-4-18(17)5-3-13/h8-10H,2-7H2,1H3,(H,15,16)/t8?,9-,10+/m0/s1. The Hall–Kier alpha value is -0.910. The van der Waals surface area contributed by atoms with Gasteiger partial charge in [0, 0.05) is 35.4 Å². The molecular formula is C12H19NO4S. The topological polar surface area (TPSA) is 74.7 Å². The quantitative estimate of drug-likeness (QED) is 0.786. The molecule has 1 aliphatic heterocycles. The van der Waals surface area contributed by atoms with Crippen LogP contribution in [0.2, 0.25) is 0 Å². The number of aliphatic carboxylic acids is 1. The maximum atomic E-state index is 12.3. The average Bonchev–Trinajstić information content (AvgIpc) is 2.71. The Labute approximate surface area is 109 Å². The van der Waals surface area contributed by atoms with E-state index in [2.05, 4.69) is 0 Å². The molecule has 1 N–H and O–H groups in total. The maximum absolute atomic E-state index is 12.3. The van der Waals surface area contributed by atoms with Crippen LogP contribution in [0.5, 0.6) is 0 Å². The van der Waals surface area contributed by atoms with Crippen molar-refractivity contribution < 1.29 is 18.9 Å². The molecule has 3 atom stereocenters. The smallest absolute Gasteiger partial charge is 0.307 e. The Morgan fingerprint density at radius 2 is 1.72 bits per heavy atom. The molecule has 1 heterocycles. The molecule has 2 fully saturated rings. The van der Waals surface area contributed by atoms with E-state index >= 15 is 0 Å². The highest BCUT2D eigenvalue weighted by Crippen LogP contribution is 2.37. The van der Waals surface area contributed by atoms with Crippen molar-refractivity contribution in [3.8, 4) is 0 Å². The van der Waals surface area contributed by atoms with Gasteiger partial charge in [0.25, 0.3) is 0 Å². The Bertz CT molecular complexity index is 374. The van der Waals surface area contributed by atoms with Crippen LogP contribution in [0.1, 0.15) is 19.8 Å². The Balaban J connectivity index is 2.03. The van der Waals surface area contributed by atoms with E-state index in [4.69, 9.17) is 0 Å². The molecule has 0 bridgehead atoms. The molecule has 1 saturated heterocycles. The molecule has 1 saturated carbocycles. The van der Waals surface area contributed by atoms with E-state index in [1.54, 1.807) is 4.90 Å². The van der Waals surface area contributed by atoms with Gasteiger partial charge in [0.2, 0.25) is 5.91 Å². The highest BCUT2D eigenvalue weighted by atomic mass is 32.2. The van der Waals surface area contributed by atoms with Crippen molar-refractivity contribution in [2.45, 2.75) is 19.8 Å². The van der Waals surface area contributed by atoms with Crippen molar-refractivity contribution in [2.24, 2.45) is 17.8 Å². The molecule has 0 aromatic rings. The zero-order valence-electron chi connectivity index (χ0n) is 10.5. The van der Waals surface area contributed by atoms with E-state index in [0.29, 0.717) is 43.4 Å². The lowest BCUT2D eigenvalue weighted by atomic mass is 9.95. The van der Waals surface area contributed by atoms with Gasteiger partial charge in [-0.15, -0.1) is 0 Å². The molecule has 18 heavy (non-hydrogen) atoms. The van der Waals surface area contributed by atoms with Crippen LogP contribution in [-0.2, 0) is 20.4 Å². The van der Waals surface area contributed by atoms with E-state index in [1.807, 2.05) is 6.92 Å². The SMILES string of the molecule is CC1C[C@H](C(=O)N2CCS(=O)CC2)[C@H](C(=O)O)C1. The third kappa shape index (κ3) is 2.74. The van der Waals surface area contributed by atoms with E-state index < -0.39 is 22.7 Å². The second-order valence-corrected chi connectivity index (χ2v) is 7.00. The van der Waals surface area contributed by atoms with Crippen molar-refractivity contribution in [1.29, 1.82) is 0 Å². The second-order valence-electron chi connectivity index (χ2n) is 5.30. The van der Waals surface area contributed by atoms with Crippen LogP contribution in [0.3, 0.4) is 0 Å². The van der Waals surface area contributed by atoms with Crippen molar-refractivity contribution in [1.82, 2.24) is 4.90 Å². The number of amides is 1. The van der Waals surface area contributed by atoms with Gasteiger partial charge in [0.1, 0.15) is 0 Å². The first-order valence-corrected chi connectivity index (χ1v) is 7.84. The maximum Gasteiger partial charge on any atom is 0.307 e. The number of carboxylic acids is 1. The van der Waals surface area contributed by atoms with Gasteiger partial charge >= 0.3 is 5.97 Å². The van der Waals surface area contributed by atoms with Crippen LogP contribution in [0, 0.1) is 17.8 Å². The van der Waals surface area contributed by atoms with Gasteiger partial charge in [-0.25, -0.2) is 0 Å². The van der Waals surface area contributed by atoms with Gasteiger partial charge < -0.3 is 10.0 Å². The second kappa shape index (κ2) is 5.38. The number of carbonyl (C=O) groups excluding carboxylic acids is 1. The van der Waals surface area contributed by atoms with E-state index in [9.17, 15) is 18.9 Å². The minimum Gasteiger partial charge on any atom is -0.481 e. The number of nitrogens with zero attached hydrogens (tertiary/aromatic N) is 1. The Kier molecular flexibility index (Phi) is 4.04. The molecule has 2 aliphatic rings. The fourth-order valence-corrected chi connectivity index (χ4v) is 3.98. The zero-order valence-corrected chi connectivity index (χ0v) is 11.3. The van der Waals surface area contributed by atoms with E-state index in [1.165, 1.54) is 0 Å². The lowest BCUT2D eigenvalue weighted by molar-refractivity contribution is -0.149. The number of carbonyl (C=O) groups is 2. The van der Waals surface area contributed by atoms with Crippen molar-refractivity contribution in [2.75, 3.05) is 24.6 Å². The molecule has 2 rings (SSSR count). The monoisotopic (exact) mass is 273 g/mol. The number of rotatable bonds is 2. The average molecular weight is 273 g/mol. The molecular weight excluding hydrogens is 254 g/mol. The molecule has 5 nitrogen and oxygen atoms in total. The summed E-state index contributed by atoms with van der Waals surface area (Å²) in [5, 5.41) is 9.17. The third-order valence-corrected chi connectivity index (χ3v) is 5.20. The number of carboxylic acid groups (broad SMARTS) is 1. The molecule has 102 valence electrons. The fraction of sp³-hybridized carbons (Fsp3) is 0.833. The molecule has 1 aliphatic carbocycles. The summed E-state index contributed by atoms with van der Waals surface area (Å²) in [6.07, 6.45) is 1.25. The van der Waals surface area contributed by atoms with Crippen LogP contribution in [0.15, 0.2) is 0 Å². The van der Waals surface area contributed by atoms with Gasteiger partial charge in [-0.1, -0.05) is 6.92 Å². The summed E-state index contributed by atoms with van der Waals surface area (Å²) in [6.45, 7) is 3.00. The number of hydrogen-bond donors (Lipinski definition) is 1. The molecule has 1 unspecified atom stereocenters. The number of hydrogen-bond acceptors (Lipinski definition) is 3. The molecule has 0 aromatic carbocycles. The van der Waals surface area contributed by atoms with Crippen LogP contribution in [-0.4, -0.2) is 50.7 Å². The van der Waals surface area contributed by atoms with Gasteiger partial charge in [0.15, 0.2) is 0 Å². The largest absolute Gasteiger partial charge is 0.481 e. The first-order valence-electron chi connectivity index (χ1n) is 6.35. The van der Waals surface area contributed by atoms with Crippen LogP contribution < -0.4 is 0 Å². The Morgan fingerprint density at radius 3 is 2.28 bits per heavy atom. The lowest BCUT2D eigenvalue weighted by Gasteiger charge is -2.30. The van der Waals surface area contributed by atoms with Crippen LogP contribution in [0.4, 0.5) is 0 Å². The third-order valence-electron chi connectivity index (χ3n) is 3.92. The molecule has 0 radical (unpaired) electrons. The first kappa shape index (κ1) is 13.5. The normalized spacial score (nSPS) is 33.6. The van der Waals surface area contributed by atoms with Gasteiger partial charge in [-0.3, -0.25) is 13.8 Å². The minimum atomic E-state index is -0.863. The molecule has 0 aromatic heterocycles. The van der Waals surface area contributed by atoms with Gasteiger partial charge in [-0.2, -0.15) is 0 Å². The molecule has 6 heteroatoms. The lowest BCUT2D eigenvalue weighted by Crippen LogP contribution is -2.46. The Morgan fingerprint density at radius 1 is 1.17 bits per heavy atom. The van der Waals surface area contributed by atoms with E-state index in [0.717, 1.165) is 0 Å². The highest BCUT2D eigenvalue weighted by molar-refractivity contribution is 7.85. The zero-order chi connectivity index (χ0) is 13.3. The van der Waals surface area contributed by atoms with Gasteiger partial charge in [0.05, 0.1) is 11.8 Å². The molecule has 0 spiro atoms. The first-order chi connectivity index (χ1) is 8.49. The van der Waals surface area contributed by atoms with E-state index in [-0.39, 0.29) is 11.8 Å². The summed E-state index contributed by atoms with van der Waals surface area (Å²) in [6, 6.07) is 0. The predicted molar refractivity (Wildman–Crippen MR) is 67.5 cm³/mol. The fourth-order valence-electron chi connectivity index (χ4n) is 2.93. The summed E-state index contributed by atoms with van der Waals surface area (Å²) >= 11 is 0. The minimum absolute atomic E-state index is 0.0524. The summed E-state index contributed by atoms with van der Waals surface area (Å²) in [5.74, 6) is -0.512. The molecule has 1 amide bonds.